The topological polar surface area (TPSA) is 12.0 Å². The summed E-state index contributed by atoms with van der Waals surface area (Å²) in [5, 5.41) is 5.72. The van der Waals surface area contributed by atoms with Crippen molar-refractivity contribution in [1.82, 2.24) is 5.32 Å². The molecule has 1 heterocycles. The van der Waals surface area contributed by atoms with Crippen LogP contribution in [-0.2, 0) is 6.42 Å². The second-order valence-corrected chi connectivity index (χ2v) is 7.26. The Bertz CT molecular complexity index is 512. The molecule has 0 saturated heterocycles. The molecule has 4 heteroatoms. The van der Waals surface area contributed by atoms with E-state index in [0.717, 1.165) is 13.0 Å². The molecular formula is C14H15BrINS. The van der Waals surface area contributed by atoms with Crippen molar-refractivity contribution in [2.75, 3.05) is 6.54 Å². The molecule has 1 nitrogen and oxygen atoms in total. The molecule has 0 aliphatic rings. The predicted molar refractivity (Wildman–Crippen MR) is 91.3 cm³/mol. The van der Waals surface area contributed by atoms with Crippen LogP contribution in [0.1, 0.15) is 23.4 Å². The van der Waals surface area contributed by atoms with E-state index in [2.05, 4.69) is 86.5 Å². The van der Waals surface area contributed by atoms with Crippen molar-refractivity contribution in [1.29, 1.82) is 0 Å². The molecule has 0 aliphatic heterocycles. The summed E-state index contributed by atoms with van der Waals surface area (Å²) in [5.74, 6) is 0. The van der Waals surface area contributed by atoms with Crippen LogP contribution in [0.4, 0.5) is 0 Å². The maximum absolute atomic E-state index is 3.57. The average Bonchev–Trinajstić information content (AvgIpc) is 2.74. The third kappa shape index (κ3) is 4.05. The summed E-state index contributed by atoms with van der Waals surface area (Å²) in [4.78, 5) is 1.41. The zero-order chi connectivity index (χ0) is 13.0. The van der Waals surface area contributed by atoms with E-state index in [0.29, 0.717) is 6.04 Å². The van der Waals surface area contributed by atoms with Gasteiger partial charge in [-0.15, -0.1) is 11.3 Å². The van der Waals surface area contributed by atoms with E-state index in [1.54, 1.807) is 0 Å². The Morgan fingerprint density at radius 2 is 2.22 bits per heavy atom. The van der Waals surface area contributed by atoms with E-state index >= 15 is 0 Å². The van der Waals surface area contributed by atoms with E-state index in [1.165, 1.54) is 18.5 Å². The third-order valence-corrected chi connectivity index (χ3v) is 5.12. The second kappa shape index (κ2) is 7.03. The molecule has 0 radical (unpaired) electrons. The Hall–Kier alpha value is 0.0900. The van der Waals surface area contributed by atoms with Gasteiger partial charge in [-0.3, -0.25) is 0 Å². The molecule has 1 aromatic heterocycles. The molecule has 2 aromatic rings. The van der Waals surface area contributed by atoms with Crippen molar-refractivity contribution < 1.29 is 0 Å². The summed E-state index contributed by atoms with van der Waals surface area (Å²) in [7, 11) is 0. The molecule has 1 unspecified atom stereocenters. The molecule has 1 atom stereocenters. The molecule has 0 amide bonds. The predicted octanol–water partition coefficient (Wildman–Crippen LogP) is 5.01. The molecule has 0 aliphatic carbocycles. The number of thiophene rings is 1. The van der Waals surface area contributed by atoms with Crippen LogP contribution in [-0.4, -0.2) is 6.54 Å². The van der Waals surface area contributed by atoms with Crippen molar-refractivity contribution in [3.05, 3.63) is 54.2 Å². The van der Waals surface area contributed by atoms with Gasteiger partial charge in [-0.2, -0.15) is 0 Å². The van der Waals surface area contributed by atoms with Gasteiger partial charge < -0.3 is 5.32 Å². The number of hydrogen-bond donors (Lipinski definition) is 1. The van der Waals surface area contributed by atoms with Gasteiger partial charge in [0, 0.05) is 30.8 Å². The normalized spacial score (nSPS) is 12.6. The van der Waals surface area contributed by atoms with Gasteiger partial charge in [0.15, 0.2) is 0 Å². The van der Waals surface area contributed by atoms with E-state index in [4.69, 9.17) is 0 Å². The average molecular weight is 436 g/mol. The molecule has 1 N–H and O–H groups in total. The summed E-state index contributed by atoms with van der Waals surface area (Å²) in [6.07, 6.45) is 1.05. The second-order valence-electron chi connectivity index (χ2n) is 4.10. The van der Waals surface area contributed by atoms with Crippen molar-refractivity contribution >= 4 is 49.9 Å². The van der Waals surface area contributed by atoms with Gasteiger partial charge in [0.1, 0.15) is 0 Å². The lowest BCUT2D eigenvalue weighted by Gasteiger charge is -2.18. The lowest BCUT2D eigenvalue weighted by atomic mass is 10.0. The minimum atomic E-state index is 0.398. The Balaban J connectivity index is 2.17. The molecule has 0 bridgehead atoms. The van der Waals surface area contributed by atoms with Crippen LogP contribution < -0.4 is 5.32 Å². The zero-order valence-electron chi connectivity index (χ0n) is 10.1. The van der Waals surface area contributed by atoms with Crippen LogP contribution >= 0.6 is 49.9 Å². The number of hydrogen-bond acceptors (Lipinski definition) is 2. The number of benzene rings is 1. The Morgan fingerprint density at radius 1 is 1.39 bits per heavy atom. The third-order valence-electron chi connectivity index (χ3n) is 2.73. The molecule has 0 spiro atoms. The molecule has 0 fully saturated rings. The van der Waals surface area contributed by atoms with E-state index < -0.39 is 0 Å². The van der Waals surface area contributed by atoms with Gasteiger partial charge in [0.05, 0.1) is 0 Å². The minimum absolute atomic E-state index is 0.398. The van der Waals surface area contributed by atoms with Crippen molar-refractivity contribution in [3.63, 3.8) is 0 Å². The SMILES string of the molecule is CCNC(Cc1cc(Br)cs1)c1cccc(I)c1. The van der Waals surface area contributed by atoms with Crippen LogP contribution in [0.3, 0.4) is 0 Å². The van der Waals surface area contributed by atoms with Crippen molar-refractivity contribution in [3.8, 4) is 0 Å². The lowest BCUT2D eigenvalue weighted by Crippen LogP contribution is -2.22. The summed E-state index contributed by atoms with van der Waals surface area (Å²) in [6.45, 7) is 3.15. The van der Waals surface area contributed by atoms with Crippen LogP contribution in [0.15, 0.2) is 40.2 Å². The van der Waals surface area contributed by atoms with Gasteiger partial charge in [-0.25, -0.2) is 0 Å². The molecule has 0 saturated carbocycles. The zero-order valence-corrected chi connectivity index (χ0v) is 14.7. The summed E-state index contributed by atoms with van der Waals surface area (Å²) in [5.41, 5.74) is 1.37. The molecule has 2 rings (SSSR count). The largest absolute Gasteiger partial charge is 0.310 e. The van der Waals surface area contributed by atoms with E-state index in [1.807, 2.05) is 11.3 Å². The minimum Gasteiger partial charge on any atom is -0.310 e. The van der Waals surface area contributed by atoms with E-state index in [-0.39, 0.29) is 0 Å². The highest BCUT2D eigenvalue weighted by atomic mass is 127. The smallest absolute Gasteiger partial charge is 0.0369 e. The van der Waals surface area contributed by atoms with Crippen LogP contribution in [0.25, 0.3) is 0 Å². The first-order valence-electron chi connectivity index (χ1n) is 5.90. The molecule has 1 aromatic carbocycles. The highest BCUT2D eigenvalue weighted by Gasteiger charge is 2.12. The number of likely N-dealkylation sites (N-methyl/N-ethyl adjacent to an activating group) is 1. The molecular weight excluding hydrogens is 421 g/mol. The fourth-order valence-corrected chi connectivity index (χ4v) is 4.00. The highest BCUT2D eigenvalue weighted by molar-refractivity contribution is 14.1. The summed E-state index contributed by atoms with van der Waals surface area (Å²) < 4.78 is 2.47. The fourth-order valence-electron chi connectivity index (χ4n) is 1.94. The fraction of sp³-hybridized carbons (Fsp3) is 0.286. The first-order chi connectivity index (χ1) is 8.69. The van der Waals surface area contributed by atoms with Gasteiger partial charge in [0.25, 0.3) is 0 Å². The van der Waals surface area contributed by atoms with E-state index in [9.17, 15) is 0 Å². The maximum atomic E-state index is 3.57. The number of nitrogens with one attached hydrogen (secondary N) is 1. The van der Waals surface area contributed by atoms with Gasteiger partial charge in [-0.1, -0.05) is 19.1 Å². The number of halogens is 2. The maximum Gasteiger partial charge on any atom is 0.0369 e. The monoisotopic (exact) mass is 435 g/mol. The highest BCUT2D eigenvalue weighted by Crippen LogP contribution is 2.26. The molecule has 18 heavy (non-hydrogen) atoms. The quantitative estimate of drug-likeness (QED) is 0.651. The standard InChI is InChI=1S/C14H15BrINS/c1-2-17-14(8-13-7-11(15)9-18-13)10-4-3-5-12(16)6-10/h3-7,9,14,17H,2,8H2,1H3. The molecule has 96 valence electrons. The van der Waals surface area contributed by atoms with Gasteiger partial charge in [0.2, 0.25) is 0 Å². The lowest BCUT2D eigenvalue weighted by molar-refractivity contribution is 0.553. The Morgan fingerprint density at radius 3 is 2.83 bits per heavy atom. The van der Waals surface area contributed by atoms with Gasteiger partial charge in [-0.05, 0) is 68.8 Å². The van der Waals surface area contributed by atoms with Crippen LogP contribution in [0.5, 0.6) is 0 Å². The van der Waals surface area contributed by atoms with Crippen LogP contribution in [0, 0.1) is 3.57 Å². The first-order valence-corrected chi connectivity index (χ1v) is 8.66. The summed E-state index contributed by atoms with van der Waals surface area (Å²) in [6, 6.07) is 11.3. The Kier molecular flexibility index (Phi) is 5.66. The van der Waals surface area contributed by atoms with Gasteiger partial charge >= 0.3 is 0 Å². The first kappa shape index (κ1) is 14.5. The van der Waals surface area contributed by atoms with Crippen molar-refractivity contribution in [2.45, 2.75) is 19.4 Å². The van der Waals surface area contributed by atoms with Crippen molar-refractivity contribution in [2.24, 2.45) is 0 Å². The van der Waals surface area contributed by atoms with Crippen LogP contribution in [0.2, 0.25) is 0 Å². The number of rotatable bonds is 5. The summed E-state index contributed by atoms with van der Waals surface area (Å²) >= 11 is 7.70. The Labute approximate surface area is 134 Å².